The predicted octanol–water partition coefficient (Wildman–Crippen LogP) is 1.73. The van der Waals surface area contributed by atoms with E-state index >= 15 is 0 Å². The summed E-state index contributed by atoms with van der Waals surface area (Å²) in [7, 11) is -0.725. The van der Waals surface area contributed by atoms with Crippen LogP contribution in [0.5, 0.6) is 0 Å². The van der Waals surface area contributed by atoms with Crippen molar-refractivity contribution in [3.63, 3.8) is 0 Å². The number of aryl methyl sites for hydroxylation is 1. The van der Waals surface area contributed by atoms with Crippen LogP contribution in [0.25, 0.3) is 0 Å². The monoisotopic (exact) mass is 309 g/mol. The second-order valence-electron chi connectivity index (χ2n) is 4.79. The number of nitrogens with zero attached hydrogens (tertiary/aromatic N) is 1. The van der Waals surface area contributed by atoms with Gasteiger partial charge in [0.1, 0.15) is 6.61 Å². The summed E-state index contributed by atoms with van der Waals surface area (Å²) in [5.74, 6) is 1.79. The summed E-state index contributed by atoms with van der Waals surface area (Å²) in [4.78, 5) is 12.0. The molecular weight excluding hydrogens is 290 g/mol. The molecule has 6 heteroatoms. The first-order chi connectivity index (χ1) is 9.71. The van der Waals surface area contributed by atoms with Gasteiger partial charge in [0.15, 0.2) is 0 Å². The summed E-state index contributed by atoms with van der Waals surface area (Å²) >= 11 is 0. The van der Waals surface area contributed by atoms with Crippen molar-refractivity contribution in [2.45, 2.75) is 25.2 Å². The fraction of sp³-hybridized carbons (Fsp3) is 0.400. The third-order valence-electron chi connectivity index (χ3n) is 3.09. The molecule has 0 radical (unpaired) electrons. The van der Waals surface area contributed by atoms with Gasteiger partial charge in [-0.05, 0) is 37.1 Å². The predicted molar refractivity (Wildman–Crippen MR) is 80.5 cm³/mol. The van der Waals surface area contributed by atoms with Gasteiger partial charge in [-0.15, -0.1) is 12.3 Å². The lowest BCUT2D eigenvalue weighted by Gasteiger charge is -2.16. The molecule has 0 saturated heterocycles. The Bertz CT molecular complexity index is 684. The summed E-state index contributed by atoms with van der Waals surface area (Å²) in [6.45, 7) is 3.57. The molecule has 0 N–H and O–H groups in total. The van der Waals surface area contributed by atoms with E-state index in [4.69, 9.17) is 11.2 Å². The van der Waals surface area contributed by atoms with Crippen molar-refractivity contribution in [2.24, 2.45) is 0 Å². The van der Waals surface area contributed by atoms with Crippen molar-refractivity contribution in [3.8, 4) is 12.3 Å². The molecule has 5 nitrogen and oxygen atoms in total. The van der Waals surface area contributed by atoms with Crippen LogP contribution in [0, 0.1) is 26.2 Å². The Hall–Kier alpha value is -1.84. The molecule has 0 amide bonds. The Morgan fingerprint density at radius 3 is 2.48 bits per heavy atom. The number of terminal acetylenes is 1. The summed E-state index contributed by atoms with van der Waals surface area (Å²) in [5.41, 5.74) is 1.53. The Labute approximate surface area is 126 Å². The van der Waals surface area contributed by atoms with Gasteiger partial charge in [-0.1, -0.05) is 0 Å². The van der Waals surface area contributed by atoms with Crippen molar-refractivity contribution in [1.82, 2.24) is 4.31 Å². The van der Waals surface area contributed by atoms with Gasteiger partial charge in [0, 0.05) is 20.5 Å². The molecule has 1 rings (SSSR count). The van der Waals surface area contributed by atoms with Crippen LogP contribution in [0.2, 0.25) is 0 Å². The van der Waals surface area contributed by atoms with Crippen LogP contribution in [0.15, 0.2) is 17.0 Å². The first-order valence-electron chi connectivity index (χ1n) is 6.36. The number of hydrogen-bond donors (Lipinski definition) is 0. The van der Waals surface area contributed by atoms with Gasteiger partial charge in [0.05, 0.1) is 10.5 Å². The number of carbonyl (C=O) groups is 1. The second-order valence-corrected chi connectivity index (χ2v) is 6.91. The average molecular weight is 309 g/mol. The maximum Gasteiger partial charge on any atom is 0.338 e. The van der Waals surface area contributed by atoms with Crippen molar-refractivity contribution >= 4 is 16.0 Å². The maximum absolute atomic E-state index is 12.3. The van der Waals surface area contributed by atoms with Crippen LogP contribution in [-0.2, 0) is 14.8 Å². The number of carbonyl (C=O) groups excluding carboxylic acids is 1. The molecule has 0 spiro atoms. The number of ether oxygens (including phenoxy) is 1. The van der Waals surface area contributed by atoms with Gasteiger partial charge >= 0.3 is 5.97 Å². The number of esters is 1. The number of benzene rings is 1. The van der Waals surface area contributed by atoms with E-state index in [0.717, 1.165) is 4.31 Å². The molecule has 0 aromatic heterocycles. The highest BCUT2D eigenvalue weighted by atomic mass is 32.2. The van der Waals surface area contributed by atoms with Gasteiger partial charge in [0.2, 0.25) is 10.0 Å². The van der Waals surface area contributed by atoms with Crippen molar-refractivity contribution in [3.05, 3.63) is 28.8 Å². The summed E-state index contributed by atoms with van der Waals surface area (Å²) in [5, 5.41) is 0. The van der Waals surface area contributed by atoms with Crippen LogP contribution in [0.3, 0.4) is 0 Å². The lowest BCUT2D eigenvalue weighted by Crippen LogP contribution is -2.24. The molecule has 0 fully saturated rings. The summed E-state index contributed by atoms with van der Waals surface area (Å²) < 4.78 is 30.7. The van der Waals surface area contributed by atoms with E-state index in [0.29, 0.717) is 17.5 Å². The maximum atomic E-state index is 12.3. The molecule has 0 aliphatic heterocycles. The third-order valence-corrected chi connectivity index (χ3v) is 5.03. The molecule has 114 valence electrons. The quantitative estimate of drug-likeness (QED) is 0.472. The normalized spacial score (nSPS) is 11.2. The first kappa shape index (κ1) is 17.2. The second kappa shape index (κ2) is 6.74. The average Bonchev–Trinajstić information content (AvgIpc) is 2.41. The zero-order valence-electron chi connectivity index (χ0n) is 12.6. The SMILES string of the molecule is C#CCCOC(=O)c1cc(C)c(C)c(S(=O)(=O)N(C)C)c1. The smallest absolute Gasteiger partial charge is 0.338 e. The van der Waals surface area contributed by atoms with E-state index in [9.17, 15) is 13.2 Å². The Morgan fingerprint density at radius 2 is 1.95 bits per heavy atom. The fourth-order valence-corrected chi connectivity index (χ4v) is 2.91. The Morgan fingerprint density at radius 1 is 1.33 bits per heavy atom. The van der Waals surface area contributed by atoms with Crippen LogP contribution >= 0.6 is 0 Å². The minimum Gasteiger partial charge on any atom is -0.461 e. The molecule has 21 heavy (non-hydrogen) atoms. The van der Waals surface area contributed by atoms with E-state index in [1.165, 1.54) is 20.2 Å². The fourth-order valence-electron chi connectivity index (χ4n) is 1.70. The van der Waals surface area contributed by atoms with Gasteiger partial charge in [0.25, 0.3) is 0 Å². The van der Waals surface area contributed by atoms with Crippen molar-refractivity contribution in [1.29, 1.82) is 0 Å². The van der Waals surface area contributed by atoms with E-state index in [1.54, 1.807) is 19.9 Å². The number of sulfonamides is 1. The molecule has 0 heterocycles. The van der Waals surface area contributed by atoms with Crippen LogP contribution < -0.4 is 0 Å². The van der Waals surface area contributed by atoms with E-state index < -0.39 is 16.0 Å². The van der Waals surface area contributed by atoms with Gasteiger partial charge < -0.3 is 4.74 Å². The lowest BCUT2D eigenvalue weighted by molar-refractivity contribution is 0.0513. The lowest BCUT2D eigenvalue weighted by atomic mass is 10.1. The van der Waals surface area contributed by atoms with Crippen LogP contribution in [0.1, 0.15) is 27.9 Å². The molecule has 0 saturated carbocycles. The third kappa shape index (κ3) is 3.84. The minimum absolute atomic E-state index is 0.108. The van der Waals surface area contributed by atoms with Gasteiger partial charge in [-0.2, -0.15) is 0 Å². The summed E-state index contributed by atoms with van der Waals surface area (Å²) in [6.07, 6.45) is 5.40. The van der Waals surface area contributed by atoms with E-state index in [2.05, 4.69) is 5.92 Å². The Kier molecular flexibility index (Phi) is 5.53. The summed E-state index contributed by atoms with van der Waals surface area (Å²) in [6, 6.07) is 2.96. The molecule has 1 aromatic carbocycles. The highest BCUT2D eigenvalue weighted by Crippen LogP contribution is 2.23. The zero-order chi connectivity index (χ0) is 16.2. The zero-order valence-corrected chi connectivity index (χ0v) is 13.5. The highest BCUT2D eigenvalue weighted by Gasteiger charge is 2.23. The standard InChI is InChI=1S/C15H19NO4S/c1-6-7-8-20-15(17)13-9-11(2)12(3)14(10-13)21(18,19)16(4)5/h1,9-10H,7-8H2,2-5H3. The topological polar surface area (TPSA) is 63.7 Å². The largest absolute Gasteiger partial charge is 0.461 e. The minimum atomic E-state index is -3.62. The molecule has 0 bridgehead atoms. The van der Waals surface area contributed by atoms with Gasteiger partial charge in [-0.3, -0.25) is 0 Å². The highest BCUT2D eigenvalue weighted by molar-refractivity contribution is 7.89. The van der Waals surface area contributed by atoms with Crippen LogP contribution in [-0.4, -0.2) is 39.4 Å². The van der Waals surface area contributed by atoms with Gasteiger partial charge in [-0.25, -0.2) is 17.5 Å². The van der Waals surface area contributed by atoms with Crippen LogP contribution in [0.4, 0.5) is 0 Å². The van der Waals surface area contributed by atoms with Crippen molar-refractivity contribution < 1.29 is 17.9 Å². The number of rotatable bonds is 5. The molecular formula is C15H19NO4S. The van der Waals surface area contributed by atoms with E-state index in [1.807, 2.05) is 0 Å². The van der Waals surface area contributed by atoms with E-state index in [-0.39, 0.29) is 17.1 Å². The first-order valence-corrected chi connectivity index (χ1v) is 7.80. The molecule has 0 atom stereocenters. The Balaban J connectivity index is 3.25. The molecule has 0 unspecified atom stereocenters. The molecule has 0 aliphatic rings. The molecule has 0 aliphatic carbocycles. The van der Waals surface area contributed by atoms with Crippen molar-refractivity contribution in [2.75, 3.05) is 20.7 Å². The molecule has 1 aromatic rings. The number of hydrogen-bond acceptors (Lipinski definition) is 4.